The second-order valence-corrected chi connectivity index (χ2v) is 5.35. The van der Waals surface area contributed by atoms with Gasteiger partial charge < -0.3 is 5.73 Å². The van der Waals surface area contributed by atoms with Gasteiger partial charge in [0.25, 0.3) is 0 Å². The Morgan fingerprint density at radius 2 is 2.00 bits per heavy atom. The lowest BCUT2D eigenvalue weighted by atomic mass is 9.90. The molecular formula is C14H28N2. The van der Waals surface area contributed by atoms with Crippen LogP contribution in [0.2, 0.25) is 0 Å². The van der Waals surface area contributed by atoms with Crippen molar-refractivity contribution in [2.75, 3.05) is 6.54 Å². The van der Waals surface area contributed by atoms with Gasteiger partial charge in [-0.25, -0.2) is 0 Å². The van der Waals surface area contributed by atoms with Gasteiger partial charge in [0, 0.05) is 12.1 Å². The van der Waals surface area contributed by atoms with Crippen molar-refractivity contribution < 1.29 is 0 Å². The Morgan fingerprint density at radius 1 is 1.38 bits per heavy atom. The molecule has 0 aromatic carbocycles. The first kappa shape index (κ1) is 15.5. The predicted molar refractivity (Wildman–Crippen MR) is 72.2 cm³/mol. The van der Waals surface area contributed by atoms with E-state index in [1.165, 1.54) is 6.42 Å². The quantitative estimate of drug-likeness (QED) is 0.622. The van der Waals surface area contributed by atoms with Crippen LogP contribution in [0.3, 0.4) is 0 Å². The maximum Gasteiger partial charge on any atom is 0.0691 e. The van der Waals surface area contributed by atoms with Crippen molar-refractivity contribution in [3.05, 3.63) is 0 Å². The topological polar surface area (TPSA) is 38.0 Å². The smallest absolute Gasteiger partial charge is 0.0691 e. The van der Waals surface area contributed by atoms with Crippen LogP contribution < -0.4 is 11.1 Å². The Kier molecular flexibility index (Phi) is 7.45. The number of rotatable bonds is 8. The fraction of sp³-hybridized carbons (Fsp3) is 0.857. The zero-order chi connectivity index (χ0) is 12.6. The van der Waals surface area contributed by atoms with E-state index >= 15 is 0 Å². The summed E-state index contributed by atoms with van der Waals surface area (Å²) in [5.41, 5.74) is 5.84. The maximum absolute atomic E-state index is 5.86. The summed E-state index contributed by atoms with van der Waals surface area (Å²) in [6, 6.07) is 0.158. The molecule has 0 saturated carbocycles. The summed E-state index contributed by atoms with van der Waals surface area (Å²) >= 11 is 0. The van der Waals surface area contributed by atoms with Crippen LogP contribution >= 0.6 is 0 Å². The van der Waals surface area contributed by atoms with Crippen LogP contribution in [0.4, 0.5) is 0 Å². The van der Waals surface area contributed by atoms with E-state index in [0.29, 0.717) is 12.5 Å². The SMILES string of the molecule is C#CC(CCC)NC(C)(CN)CCC(C)C. The van der Waals surface area contributed by atoms with Crippen LogP contribution in [0.25, 0.3) is 0 Å². The highest BCUT2D eigenvalue weighted by molar-refractivity contribution is 5.02. The van der Waals surface area contributed by atoms with E-state index in [9.17, 15) is 0 Å². The van der Waals surface area contributed by atoms with Crippen molar-refractivity contribution in [2.24, 2.45) is 11.7 Å². The highest BCUT2D eigenvalue weighted by atomic mass is 15.0. The Morgan fingerprint density at radius 3 is 2.38 bits per heavy atom. The molecule has 16 heavy (non-hydrogen) atoms. The van der Waals surface area contributed by atoms with Crippen LogP contribution in [0.1, 0.15) is 53.4 Å². The van der Waals surface area contributed by atoms with Gasteiger partial charge in [0.05, 0.1) is 6.04 Å². The summed E-state index contributed by atoms with van der Waals surface area (Å²) in [5.74, 6) is 3.53. The van der Waals surface area contributed by atoms with Crippen LogP contribution in [-0.2, 0) is 0 Å². The van der Waals surface area contributed by atoms with E-state index in [-0.39, 0.29) is 11.6 Å². The van der Waals surface area contributed by atoms with Crippen molar-refractivity contribution in [1.29, 1.82) is 0 Å². The standard InChI is InChI=1S/C14H28N2/c1-6-8-13(7-2)16-14(5,11-15)10-9-12(3)4/h2,12-13,16H,6,8-11,15H2,1,3-5H3. The molecule has 2 unspecified atom stereocenters. The minimum Gasteiger partial charge on any atom is -0.329 e. The number of nitrogens with one attached hydrogen (secondary N) is 1. The van der Waals surface area contributed by atoms with Crippen molar-refractivity contribution in [3.63, 3.8) is 0 Å². The Bertz CT molecular complexity index is 217. The molecule has 0 saturated heterocycles. The van der Waals surface area contributed by atoms with E-state index in [1.54, 1.807) is 0 Å². The van der Waals surface area contributed by atoms with E-state index in [1.807, 2.05) is 0 Å². The molecule has 2 atom stereocenters. The molecule has 0 heterocycles. The summed E-state index contributed by atoms with van der Waals surface area (Å²) in [5, 5.41) is 3.52. The summed E-state index contributed by atoms with van der Waals surface area (Å²) < 4.78 is 0. The number of terminal acetylenes is 1. The largest absolute Gasteiger partial charge is 0.329 e. The Labute approximate surface area is 101 Å². The zero-order valence-corrected chi connectivity index (χ0v) is 11.3. The fourth-order valence-electron chi connectivity index (χ4n) is 1.75. The third-order valence-electron chi connectivity index (χ3n) is 3.03. The maximum atomic E-state index is 5.86. The van der Waals surface area contributed by atoms with E-state index in [4.69, 9.17) is 12.2 Å². The lowest BCUT2D eigenvalue weighted by Gasteiger charge is -2.33. The number of hydrogen-bond donors (Lipinski definition) is 2. The van der Waals surface area contributed by atoms with Gasteiger partial charge in [-0.15, -0.1) is 6.42 Å². The highest BCUT2D eigenvalue weighted by Gasteiger charge is 2.24. The number of nitrogens with two attached hydrogens (primary N) is 1. The zero-order valence-electron chi connectivity index (χ0n) is 11.3. The Hall–Kier alpha value is -0.520. The molecule has 0 fully saturated rings. The van der Waals surface area contributed by atoms with Crippen LogP contribution in [0.5, 0.6) is 0 Å². The molecule has 2 heteroatoms. The van der Waals surface area contributed by atoms with E-state index in [0.717, 1.165) is 19.3 Å². The monoisotopic (exact) mass is 224 g/mol. The predicted octanol–water partition coefficient (Wildman–Crippen LogP) is 2.53. The molecule has 0 aliphatic rings. The van der Waals surface area contributed by atoms with Gasteiger partial charge in [-0.3, -0.25) is 5.32 Å². The second-order valence-electron chi connectivity index (χ2n) is 5.35. The molecule has 0 aliphatic heterocycles. The van der Waals surface area contributed by atoms with Crippen LogP contribution in [-0.4, -0.2) is 18.1 Å². The van der Waals surface area contributed by atoms with Crippen LogP contribution in [0.15, 0.2) is 0 Å². The van der Waals surface area contributed by atoms with Gasteiger partial charge in [-0.1, -0.05) is 33.1 Å². The van der Waals surface area contributed by atoms with Gasteiger partial charge in [-0.2, -0.15) is 0 Å². The molecule has 0 rings (SSSR count). The summed E-state index contributed by atoms with van der Waals surface area (Å²) in [6.07, 6.45) is 9.92. The first-order valence-corrected chi connectivity index (χ1v) is 6.41. The summed E-state index contributed by atoms with van der Waals surface area (Å²) in [6.45, 7) is 9.44. The van der Waals surface area contributed by atoms with E-state index in [2.05, 4.69) is 38.9 Å². The molecule has 2 nitrogen and oxygen atoms in total. The fourth-order valence-corrected chi connectivity index (χ4v) is 1.75. The molecule has 0 bridgehead atoms. The molecule has 3 N–H and O–H groups in total. The average Bonchev–Trinajstić information content (AvgIpc) is 2.26. The van der Waals surface area contributed by atoms with Crippen molar-refractivity contribution >= 4 is 0 Å². The van der Waals surface area contributed by atoms with Crippen molar-refractivity contribution in [2.45, 2.75) is 65.0 Å². The third-order valence-corrected chi connectivity index (χ3v) is 3.03. The van der Waals surface area contributed by atoms with E-state index < -0.39 is 0 Å². The normalized spacial score (nSPS) is 16.8. The van der Waals surface area contributed by atoms with Gasteiger partial charge in [-0.05, 0) is 32.1 Å². The number of hydrogen-bond acceptors (Lipinski definition) is 2. The highest BCUT2D eigenvalue weighted by Crippen LogP contribution is 2.17. The van der Waals surface area contributed by atoms with Gasteiger partial charge in [0.1, 0.15) is 0 Å². The molecule has 0 amide bonds. The molecule has 94 valence electrons. The second kappa shape index (κ2) is 7.70. The third kappa shape index (κ3) is 6.15. The minimum absolute atomic E-state index is 0.0174. The molecular weight excluding hydrogens is 196 g/mol. The molecule has 0 spiro atoms. The van der Waals surface area contributed by atoms with Crippen LogP contribution in [0, 0.1) is 18.3 Å². The van der Waals surface area contributed by atoms with Crippen molar-refractivity contribution in [3.8, 4) is 12.3 Å². The molecule has 0 radical (unpaired) electrons. The molecule has 0 aromatic rings. The minimum atomic E-state index is -0.0174. The molecule has 0 aromatic heterocycles. The molecule has 0 aliphatic carbocycles. The first-order chi connectivity index (χ1) is 7.47. The van der Waals surface area contributed by atoms with Crippen molar-refractivity contribution in [1.82, 2.24) is 5.32 Å². The summed E-state index contributed by atoms with van der Waals surface area (Å²) in [7, 11) is 0. The first-order valence-electron chi connectivity index (χ1n) is 6.41. The van der Waals surface area contributed by atoms with Gasteiger partial charge >= 0.3 is 0 Å². The lowest BCUT2D eigenvalue weighted by Crippen LogP contribution is -2.52. The average molecular weight is 224 g/mol. The van der Waals surface area contributed by atoms with Gasteiger partial charge in [0.2, 0.25) is 0 Å². The lowest BCUT2D eigenvalue weighted by molar-refractivity contribution is 0.292. The Balaban J connectivity index is 4.28. The van der Waals surface area contributed by atoms with Gasteiger partial charge in [0.15, 0.2) is 0 Å². The summed E-state index contributed by atoms with van der Waals surface area (Å²) in [4.78, 5) is 0.